The molecule has 0 heterocycles. The Labute approximate surface area is 129 Å². The third kappa shape index (κ3) is 4.55. The normalized spacial score (nSPS) is 17.0. The standard InChI is InChI=1S/C16H23F2NO3/c1-21-14-8-4-7-12(15(14)22-16(17)18)9-19-10-13(20)11-5-2-3-6-11/h4,7-8,11,13,16,19-20H,2-3,5-6,9-10H2,1H3. The highest BCUT2D eigenvalue weighted by molar-refractivity contribution is 5.46. The second-order valence-electron chi connectivity index (χ2n) is 5.57. The fraction of sp³-hybridized carbons (Fsp3) is 0.625. The first kappa shape index (κ1) is 17.0. The second-order valence-corrected chi connectivity index (χ2v) is 5.57. The van der Waals surface area contributed by atoms with E-state index in [-0.39, 0.29) is 11.5 Å². The SMILES string of the molecule is COc1cccc(CNCC(O)C2CCCC2)c1OC(F)F. The van der Waals surface area contributed by atoms with Crippen molar-refractivity contribution in [3.8, 4) is 11.5 Å². The van der Waals surface area contributed by atoms with Crippen LogP contribution in [0.3, 0.4) is 0 Å². The lowest BCUT2D eigenvalue weighted by molar-refractivity contribution is -0.0519. The van der Waals surface area contributed by atoms with Gasteiger partial charge in [-0.15, -0.1) is 0 Å². The first-order chi connectivity index (χ1) is 10.6. The number of nitrogens with one attached hydrogen (secondary N) is 1. The van der Waals surface area contributed by atoms with Crippen LogP contribution in [0.1, 0.15) is 31.2 Å². The molecule has 1 aromatic carbocycles. The molecule has 0 aliphatic heterocycles. The molecule has 0 bridgehead atoms. The molecule has 1 saturated carbocycles. The van der Waals surface area contributed by atoms with E-state index in [2.05, 4.69) is 10.1 Å². The summed E-state index contributed by atoms with van der Waals surface area (Å²) < 4.78 is 34.7. The average molecular weight is 315 g/mol. The summed E-state index contributed by atoms with van der Waals surface area (Å²) in [4.78, 5) is 0. The number of alkyl halides is 2. The minimum Gasteiger partial charge on any atom is -0.493 e. The lowest BCUT2D eigenvalue weighted by atomic mass is 10.0. The smallest absolute Gasteiger partial charge is 0.387 e. The van der Waals surface area contributed by atoms with Crippen molar-refractivity contribution >= 4 is 0 Å². The van der Waals surface area contributed by atoms with Crippen LogP contribution in [-0.2, 0) is 6.54 Å². The summed E-state index contributed by atoms with van der Waals surface area (Å²) >= 11 is 0. The number of para-hydroxylation sites is 1. The van der Waals surface area contributed by atoms with Gasteiger partial charge < -0.3 is 19.9 Å². The van der Waals surface area contributed by atoms with Crippen molar-refractivity contribution in [2.45, 2.75) is 44.9 Å². The van der Waals surface area contributed by atoms with Crippen molar-refractivity contribution in [1.82, 2.24) is 5.32 Å². The zero-order valence-electron chi connectivity index (χ0n) is 12.7. The number of aliphatic hydroxyl groups excluding tert-OH is 1. The van der Waals surface area contributed by atoms with E-state index in [0.29, 0.717) is 24.6 Å². The Bertz CT molecular complexity index is 465. The van der Waals surface area contributed by atoms with Gasteiger partial charge in [0.25, 0.3) is 0 Å². The first-order valence-corrected chi connectivity index (χ1v) is 7.61. The van der Waals surface area contributed by atoms with E-state index < -0.39 is 12.7 Å². The van der Waals surface area contributed by atoms with Gasteiger partial charge in [0.1, 0.15) is 0 Å². The van der Waals surface area contributed by atoms with E-state index in [4.69, 9.17) is 4.74 Å². The summed E-state index contributed by atoms with van der Waals surface area (Å²) in [6.07, 6.45) is 4.06. The number of benzene rings is 1. The largest absolute Gasteiger partial charge is 0.493 e. The Balaban J connectivity index is 1.93. The Morgan fingerprint density at radius 2 is 2.05 bits per heavy atom. The Morgan fingerprint density at radius 3 is 2.68 bits per heavy atom. The quantitative estimate of drug-likeness (QED) is 0.774. The average Bonchev–Trinajstić information content (AvgIpc) is 3.02. The summed E-state index contributed by atoms with van der Waals surface area (Å²) in [5, 5.41) is 13.2. The predicted molar refractivity (Wildman–Crippen MR) is 79.3 cm³/mol. The van der Waals surface area contributed by atoms with Crippen LogP contribution in [0, 0.1) is 5.92 Å². The predicted octanol–water partition coefficient (Wildman–Crippen LogP) is 2.94. The maximum Gasteiger partial charge on any atom is 0.387 e. The van der Waals surface area contributed by atoms with E-state index in [9.17, 15) is 13.9 Å². The van der Waals surface area contributed by atoms with Crippen LogP contribution in [0.15, 0.2) is 18.2 Å². The minimum absolute atomic E-state index is 0.0443. The maximum atomic E-state index is 12.5. The molecule has 2 N–H and O–H groups in total. The van der Waals surface area contributed by atoms with Crippen LogP contribution < -0.4 is 14.8 Å². The van der Waals surface area contributed by atoms with E-state index in [0.717, 1.165) is 12.8 Å². The molecule has 1 aliphatic rings. The molecule has 1 aliphatic carbocycles. The van der Waals surface area contributed by atoms with E-state index >= 15 is 0 Å². The van der Waals surface area contributed by atoms with Gasteiger partial charge in [0, 0.05) is 18.7 Å². The summed E-state index contributed by atoms with van der Waals surface area (Å²) in [7, 11) is 1.41. The Morgan fingerprint density at radius 1 is 1.32 bits per heavy atom. The minimum atomic E-state index is -2.90. The van der Waals surface area contributed by atoms with E-state index in [1.807, 2.05) is 0 Å². The molecule has 1 fully saturated rings. The number of hydrogen-bond acceptors (Lipinski definition) is 4. The van der Waals surface area contributed by atoms with Gasteiger partial charge >= 0.3 is 6.61 Å². The number of rotatable bonds is 8. The topological polar surface area (TPSA) is 50.7 Å². The van der Waals surface area contributed by atoms with Crippen LogP contribution in [0.5, 0.6) is 11.5 Å². The van der Waals surface area contributed by atoms with Crippen molar-refractivity contribution in [1.29, 1.82) is 0 Å². The van der Waals surface area contributed by atoms with Crippen LogP contribution in [-0.4, -0.2) is 31.5 Å². The lowest BCUT2D eigenvalue weighted by Crippen LogP contribution is -2.31. The van der Waals surface area contributed by atoms with Crippen molar-refractivity contribution in [2.75, 3.05) is 13.7 Å². The van der Waals surface area contributed by atoms with Gasteiger partial charge in [-0.1, -0.05) is 25.0 Å². The number of hydrogen-bond donors (Lipinski definition) is 2. The van der Waals surface area contributed by atoms with Gasteiger partial charge in [-0.05, 0) is 24.8 Å². The molecule has 4 nitrogen and oxygen atoms in total. The molecule has 0 aromatic heterocycles. The monoisotopic (exact) mass is 315 g/mol. The molecule has 22 heavy (non-hydrogen) atoms. The number of halogens is 2. The highest BCUT2D eigenvalue weighted by Crippen LogP contribution is 2.32. The molecule has 0 saturated heterocycles. The number of ether oxygens (including phenoxy) is 2. The van der Waals surface area contributed by atoms with Crippen LogP contribution >= 0.6 is 0 Å². The third-order valence-corrected chi connectivity index (χ3v) is 4.10. The van der Waals surface area contributed by atoms with Gasteiger partial charge in [0.2, 0.25) is 0 Å². The fourth-order valence-corrected chi connectivity index (χ4v) is 2.95. The molecule has 0 amide bonds. The van der Waals surface area contributed by atoms with Crippen molar-refractivity contribution in [3.63, 3.8) is 0 Å². The summed E-state index contributed by atoms with van der Waals surface area (Å²) in [6, 6.07) is 5.01. The van der Waals surface area contributed by atoms with Gasteiger partial charge in [0.15, 0.2) is 11.5 Å². The van der Waals surface area contributed by atoms with Gasteiger partial charge in [0.05, 0.1) is 13.2 Å². The molecule has 1 aromatic rings. The maximum absolute atomic E-state index is 12.5. The van der Waals surface area contributed by atoms with Gasteiger partial charge in [-0.2, -0.15) is 8.78 Å². The van der Waals surface area contributed by atoms with Crippen LogP contribution in [0.25, 0.3) is 0 Å². The second kappa shape index (κ2) is 8.29. The Hall–Kier alpha value is -1.40. The molecular weight excluding hydrogens is 292 g/mol. The highest BCUT2D eigenvalue weighted by atomic mass is 19.3. The van der Waals surface area contributed by atoms with Crippen molar-refractivity contribution in [3.05, 3.63) is 23.8 Å². The van der Waals surface area contributed by atoms with Crippen LogP contribution in [0.4, 0.5) is 8.78 Å². The zero-order valence-corrected chi connectivity index (χ0v) is 12.7. The molecule has 1 unspecified atom stereocenters. The molecule has 2 rings (SSSR count). The molecule has 1 atom stereocenters. The van der Waals surface area contributed by atoms with Gasteiger partial charge in [-0.3, -0.25) is 0 Å². The molecule has 124 valence electrons. The van der Waals surface area contributed by atoms with Crippen molar-refractivity contribution in [2.24, 2.45) is 5.92 Å². The Kier molecular flexibility index (Phi) is 6.39. The van der Waals surface area contributed by atoms with E-state index in [1.54, 1.807) is 18.2 Å². The number of aliphatic hydroxyl groups is 1. The summed E-state index contributed by atoms with van der Waals surface area (Å²) in [5.41, 5.74) is 0.582. The molecular formula is C16H23F2NO3. The fourth-order valence-electron chi connectivity index (χ4n) is 2.95. The van der Waals surface area contributed by atoms with Crippen LogP contribution in [0.2, 0.25) is 0 Å². The highest BCUT2D eigenvalue weighted by Gasteiger charge is 2.23. The van der Waals surface area contributed by atoms with Gasteiger partial charge in [-0.25, -0.2) is 0 Å². The zero-order chi connectivity index (χ0) is 15.9. The van der Waals surface area contributed by atoms with Crippen molar-refractivity contribution < 1.29 is 23.4 Å². The molecule has 0 spiro atoms. The molecule has 6 heteroatoms. The van der Waals surface area contributed by atoms with E-state index in [1.165, 1.54) is 20.0 Å². The molecule has 0 radical (unpaired) electrons. The lowest BCUT2D eigenvalue weighted by Gasteiger charge is -2.19. The third-order valence-electron chi connectivity index (χ3n) is 4.10. The first-order valence-electron chi connectivity index (χ1n) is 7.61. The summed E-state index contributed by atoms with van der Waals surface area (Å²) in [5.74, 6) is 0.661. The number of methoxy groups -OCH3 is 1. The summed E-state index contributed by atoms with van der Waals surface area (Å²) in [6.45, 7) is -2.13.